The minimum absolute atomic E-state index is 0.700. The Labute approximate surface area is 109 Å². The average molecular weight is 243 g/mol. The van der Waals surface area contributed by atoms with Crippen molar-refractivity contribution in [1.82, 2.24) is 14.9 Å². The summed E-state index contributed by atoms with van der Waals surface area (Å²) in [5.41, 5.74) is 2.64. The normalized spacial score (nSPS) is 11.1. The predicted octanol–water partition coefficient (Wildman–Crippen LogP) is 2.68. The molecule has 1 heterocycles. The van der Waals surface area contributed by atoms with E-state index in [1.165, 1.54) is 11.1 Å². The van der Waals surface area contributed by atoms with Crippen molar-refractivity contribution in [3.05, 3.63) is 54.1 Å². The summed E-state index contributed by atoms with van der Waals surface area (Å²) in [7, 11) is 0. The average Bonchev–Trinajstić information content (AvgIpc) is 2.84. The van der Waals surface area contributed by atoms with Gasteiger partial charge in [0, 0.05) is 25.5 Å². The molecular formula is C15H21N3. The van der Waals surface area contributed by atoms with Gasteiger partial charge in [0.05, 0.1) is 6.33 Å². The smallest absolute Gasteiger partial charge is 0.0949 e. The third-order valence-electron chi connectivity index (χ3n) is 2.83. The van der Waals surface area contributed by atoms with Crippen molar-refractivity contribution in [2.45, 2.75) is 26.9 Å². The van der Waals surface area contributed by atoms with Gasteiger partial charge in [-0.3, -0.25) is 0 Å². The Kier molecular flexibility index (Phi) is 4.53. The number of nitrogens with zero attached hydrogens (tertiary/aromatic N) is 2. The standard InChI is InChI=1S/C15H21N3/c1-13(2)9-17-10-14-3-5-15(6-4-14)11-18-8-7-16-12-18/h3-8,12-13,17H,9-11H2,1-2H3. The van der Waals surface area contributed by atoms with Crippen molar-refractivity contribution < 1.29 is 0 Å². The highest BCUT2D eigenvalue weighted by Gasteiger charge is 1.97. The van der Waals surface area contributed by atoms with Crippen molar-refractivity contribution in [2.75, 3.05) is 6.54 Å². The van der Waals surface area contributed by atoms with Crippen LogP contribution in [0.5, 0.6) is 0 Å². The number of nitrogens with one attached hydrogen (secondary N) is 1. The lowest BCUT2D eigenvalue weighted by Gasteiger charge is -2.08. The highest BCUT2D eigenvalue weighted by atomic mass is 15.0. The van der Waals surface area contributed by atoms with Gasteiger partial charge in [0.25, 0.3) is 0 Å². The van der Waals surface area contributed by atoms with Crippen molar-refractivity contribution in [3.63, 3.8) is 0 Å². The van der Waals surface area contributed by atoms with Crippen LogP contribution in [0.25, 0.3) is 0 Å². The van der Waals surface area contributed by atoms with Crippen molar-refractivity contribution >= 4 is 0 Å². The van der Waals surface area contributed by atoms with E-state index in [1.807, 2.05) is 18.7 Å². The van der Waals surface area contributed by atoms with Crippen LogP contribution in [0.3, 0.4) is 0 Å². The summed E-state index contributed by atoms with van der Waals surface area (Å²) in [5, 5.41) is 3.45. The Morgan fingerprint density at radius 3 is 2.50 bits per heavy atom. The fourth-order valence-electron chi connectivity index (χ4n) is 1.86. The molecule has 2 rings (SSSR count). The van der Waals surface area contributed by atoms with Crippen LogP contribution in [-0.4, -0.2) is 16.1 Å². The molecule has 1 aromatic heterocycles. The maximum Gasteiger partial charge on any atom is 0.0949 e. The van der Waals surface area contributed by atoms with Gasteiger partial charge < -0.3 is 9.88 Å². The van der Waals surface area contributed by atoms with Crippen LogP contribution in [0.4, 0.5) is 0 Å². The van der Waals surface area contributed by atoms with E-state index >= 15 is 0 Å². The Balaban J connectivity index is 1.85. The Hall–Kier alpha value is -1.61. The molecule has 0 amide bonds. The second-order valence-corrected chi connectivity index (χ2v) is 5.08. The van der Waals surface area contributed by atoms with Crippen molar-refractivity contribution in [2.24, 2.45) is 5.92 Å². The molecule has 0 aliphatic carbocycles. The van der Waals surface area contributed by atoms with E-state index in [1.54, 1.807) is 0 Å². The molecular weight excluding hydrogens is 222 g/mol. The zero-order valence-electron chi connectivity index (χ0n) is 11.1. The van der Waals surface area contributed by atoms with Gasteiger partial charge in [-0.2, -0.15) is 0 Å². The molecule has 1 aromatic carbocycles. The molecule has 18 heavy (non-hydrogen) atoms. The molecule has 0 bridgehead atoms. The zero-order chi connectivity index (χ0) is 12.8. The molecule has 0 aliphatic rings. The van der Waals surface area contributed by atoms with Crippen LogP contribution in [0, 0.1) is 5.92 Å². The van der Waals surface area contributed by atoms with Crippen LogP contribution in [0.15, 0.2) is 43.0 Å². The molecule has 0 atom stereocenters. The van der Waals surface area contributed by atoms with Gasteiger partial charge in [0.15, 0.2) is 0 Å². The van der Waals surface area contributed by atoms with Gasteiger partial charge in [-0.15, -0.1) is 0 Å². The molecule has 0 aliphatic heterocycles. The lowest BCUT2D eigenvalue weighted by atomic mass is 10.1. The van der Waals surface area contributed by atoms with Crippen molar-refractivity contribution in [1.29, 1.82) is 0 Å². The molecule has 0 saturated heterocycles. The lowest BCUT2D eigenvalue weighted by molar-refractivity contribution is 0.552. The summed E-state index contributed by atoms with van der Waals surface area (Å²) in [5.74, 6) is 0.700. The topological polar surface area (TPSA) is 29.9 Å². The van der Waals surface area contributed by atoms with E-state index in [2.05, 4.69) is 53.0 Å². The molecule has 96 valence electrons. The first-order valence-electron chi connectivity index (χ1n) is 6.48. The van der Waals surface area contributed by atoms with E-state index in [-0.39, 0.29) is 0 Å². The molecule has 0 spiro atoms. The maximum absolute atomic E-state index is 4.05. The van der Waals surface area contributed by atoms with Gasteiger partial charge in [-0.05, 0) is 23.6 Å². The number of imidazole rings is 1. The Morgan fingerprint density at radius 1 is 1.17 bits per heavy atom. The highest BCUT2D eigenvalue weighted by Crippen LogP contribution is 2.06. The van der Waals surface area contributed by atoms with Gasteiger partial charge in [0.1, 0.15) is 0 Å². The number of hydrogen-bond donors (Lipinski definition) is 1. The van der Waals surface area contributed by atoms with Crippen LogP contribution in [0.2, 0.25) is 0 Å². The number of aromatic nitrogens is 2. The van der Waals surface area contributed by atoms with E-state index in [0.29, 0.717) is 5.92 Å². The summed E-state index contributed by atoms with van der Waals surface area (Å²) >= 11 is 0. The summed E-state index contributed by atoms with van der Waals surface area (Å²) in [4.78, 5) is 4.05. The van der Waals surface area contributed by atoms with Crippen LogP contribution in [-0.2, 0) is 13.1 Å². The predicted molar refractivity (Wildman–Crippen MR) is 74.3 cm³/mol. The summed E-state index contributed by atoms with van der Waals surface area (Å²) < 4.78 is 2.08. The number of benzene rings is 1. The SMILES string of the molecule is CC(C)CNCc1ccc(Cn2ccnc2)cc1. The highest BCUT2D eigenvalue weighted by molar-refractivity contribution is 5.22. The number of hydrogen-bond acceptors (Lipinski definition) is 2. The molecule has 3 nitrogen and oxygen atoms in total. The van der Waals surface area contributed by atoms with Crippen LogP contribution < -0.4 is 5.32 Å². The van der Waals surface area contributed by atoms with E-state index in [4.69, 9.17) is 0 Å². The van der Waals surface area contributed by atoms with Gasteiger partial charge in [-0.1, -0.05) is 38.1 Å². The van der Waals surface area contributed by atoms with Gasteiger partial charge in [-0.25, -0.2) is 4.98 Å². The first kappa shape index (κ1) is 12.8. The second kappa shape index (κ2) is 6.36. The van der Waals surface area contributed by atoms with Crippen LogP contribution in [0.1, 0.15) is 25.0 Å². The Bertz CT molecular complexity index is 443. The molecule has 2 aromatic rings. The fourth-order valence-corrected chi connectivity index (χ4v) is 1.86. The quantitative estimate of drug-likeness (QED) is 0.845. The second-order valence-electron chi connectivity index (χ2n) is 5.08. The Morgan fingerprint density at radius 2 is 1.89 bits per heavy atom. The first-order valence-corrected chi connectivity index (χ1v) is 6.48. The van der Waals surface area contributed by atoms with Crippen molar-refractivity contribution in [3.8, 4) is 0 Å². The third kappa shape index (κ3) is 4.00. The van der Waals surface area contributed by atoms with Crippen LogP contribution >= 0.6 is 0 Å². The molecule has 1 N–H and O–H groups in total. The summed E-state index contributed by atoms with van der Waals surface area (Å²) in [6.07, 6.45) is 5.64. The van der Waals surface area contributed by atoms with Gasteiger partial charge in [0.2, 0.25) is 0 Å². The first-order chi connectivity index (χ1) is 8.74. The minimum Gasteiger partial charge on any atom is -0.333 e. The minimum atomic E-state index is 0.700. The molecule has 3 heteroatoms. The molecule has 0 saturated carbocycles. The molecule has 0 radical (unpaired) electrons. The van der Waals surface area contributed by atoms with E-state index in [0.717, 1.165) is 19.6 Å². The largest absolute Gasteiger partial charge is 0.333 e. The summed E-state index contributed by atoms with van der Waals surface area (Å²) in [6.45, 7) is 7.35. The van der Waals surface area contributed by atoms with E-state index in [9.17, 15) is 0 Å². The van der Waals surface area contributed by atoms with E-state index < -0.39 is 0 Å². The van der Waals surface area contributed by atoms with Gasteiger partial charge >= 0.3 is 0 Å². The third-order valence-corrected chi connectivity index (χ3v) is 2.83. The number of rotatable bonds is 6. The molecule has 0 unspecified atom stereocenters. The lowest BCUT2D eigenvalue weighted by Crippen LogP contribution is -2.18. The summed E-state index contributed by atoms with van der Waals surface area (Å²) in [6, 6.07) is 8.76. The molecule has 0 fully saturated rings. The maximum atomic E-state index is 4.05. The monoisotopic (exact) mass is 243 g/mol. The zero-order valence-corrected chi connectivity index (χ0v) is 11.1. The fraction of sp³-hybridized carbons (Fsp3) is 0.400.